The zero-order valence-electron chi connectivity index (χ0n) is 19.3. The van der Waals surface area contributed by atoms with Crippen molar-refractivity contribution in [3.05, 3.63) is 64.7 Å². The van der Waals surface area contributed by atoms with Crippen molar-refractivity contribution in [3.63, 3.8) is 0 Å². The normalized spacial score (nSPS) is 18.2. The van der Waals surface area contributed by atoms with Gasteiger partial charge in [-0.2, -0.15) is 0 Å². The molecule has 5 rings (SSSR count). The fourth-order valence-corrected chi connectivity index (χ4v) is 4.79. The van der Waals surface area contributed by atoms with Crippen LogP contribution in [0.25, 0.3) is 11.9 Å². The Labute approximate surface area is 193 Å². The van der Waals surface area contributed by atoms with Gasteiger partial charge >= 0.3 is 0 Å². The Hall–Kier alpha value is -3.48. The van der Waals surface area contributed by atoms with Crippen LogP contribution in [0.1, 0.15) is 53.6 Å². The van der Waals surface area contributed by atoms with Gasteiger partial charge in [-0.25, -0.2) is 0 Å². The van der Waals surface area contributed by atoms with E-state index >= 15 is 0 Å². The van der Waals surface area contributed by atoms with E-state index in [1.165, 1.54) is 0 Å². The Morgan fingerprint density at radius 2 is 1.88 bits per heavy atom. The Kier molecular flexibility index (Phi) is 5.70. The van der Waals surface area contributed by atoms with Crippen molar-refractivity contribution in [2.75, 3.05) is 19.8 Å². The summed E-state index contributed by atoms with van der Waals surface area (Å²) in [6, 6.07) is 10.1. The number of hydrogen-bond acceptors (Lipinski definition) is 5. The Balaban J connectivity index is 1.35. The van der Waals surface area contributed by atoms with Gasteiger partial charge in [-0.1, -0.05) is 11.2 Å². The van der Waals surface area contributed by atoms with Crippen LogP contribution in [0.5, 0.6) is 11.5 Å². The Morgan fingerprint density at radius 1 is 1.06 bits per heavy atom. The minimum Gasteiger partial charge on any atom is -0.490 e. The molecule has 0 spiro atoms. The number of fused-ring (bicyclic) bond motifs is 1. The third kappa shape index (κ3) is 4.15. The second kappa shape index (κ2) is 8.81. The summed E-state index contributed by atoms with van der Waals surface area (Å²) in [6.45, 7) is 7.99. The number of rotatable bonds is 4. The predicted octanol–water partition coefficient (Wildman–Crippen LogP) is 4.93. The Bertz CT molecular complexity index is 1210. The van der Waals surface area contributed by atoms with Crippen LogP contribution in [0.15, 0.2) is 40.9 Å². The minimum absolute atomic E-state index is 0.0201. The zero-order chi connectivity index (χ0) is 22.9. The van der Waals surface area contributed by atoms with Gasteiger partial charge in [0.05, 0.1) is 19.3 Å². The summed E-state index contributed by atoms with van der Waals surface area (Å²) in [5.74, 6) is 3.09. The summed E-state index contributed by atoms with van der Waals surface area (Å²) >= 11 is 0. The molecule has 2 aromatic heterocycles. The number of likely N-dealkylation sites (tertiary alicyclic amines) is 1. The molecule has 7 nitrogen and oxygen atoms in total. The summed E-state index contributed by atoms with van der Waals surface area (Å²) in [7, 11) is 0. The van der Waals surface area contributed by atoms with E-state index in [-0.39, 0.29) is 11.9 Å². The molecule has 0 N–H and O–H groups in total. The van der Waals surface area contributed by atoms with Crippen LogP contribution >= 0.6 is 0 Å². The first-order chi connectivity index (χ1) is 16.0. The van der Waals surface area contributed by atoms with Crippen molar-refractivity contribution in [1.82, 2.24) is 14.6 Å². The highest BCUT2D eigenvalue weighted by Crippen LogP contribution is 2.38. The summed E-state index contributed by atoms with van der Waals surface area (Å²) in [4.78, 5) is 15.1. The number of aromatic nitrogens is 2. The van der Waals surface area contributed by atoms with Crippen LogP contribution in [0.3, 0.4) is 0 Å². The SMILES string of the molecule is Cc1cc(-n2c(C)cc(C=CC(=O)N3CCCC3c3ccc4c(c3)OCCCO4)c2C)no1. The Morgan fingerprint density at radius 3 is 2.67 bits per heavy atom. The van der Waals surface area contributed by atoms with Crippen LogP contribution in [-0.2, 0) is 4.79 Å². The summed E-state index contributed by atoms with van der Waals surface area (Å²) in [6.07, 6.45) is 6.39. The number of hydrogen-bond donors (Lipinski definition) is 0. The highest BCUT2D eigenvalue weighted by molar-refractivity contribution is 5.92. The highest BCUT2D eigenvalue weighted by atomic mass is 16.5. The molecule has 33 heavy (non-hydrogen) atoms. The van der Waals surface area contributed by atoms with Crippen molar-refractivity contribution in [2.45, 2.75) is 46.1 Å². The first kappa shape index (κ1) is 21.4. The molecule has 1 unspecified atom stereocenters. The molecule has 1 fully saturated rings. The standard InChI is InChI=1S/C26H29N3O4/c1-17-14-20(19(3)29(17)25-15-18(2)33-27-25)8-10-26(30)28-11-4-6-22(28)21-7-9-23-24(16-21)32-13-5-12-31-23/h7-10,14-16,22H,4-6,11-13H2,1-3H3. The van der Waals surface area contributed by atoms with Crippen LogP contribution in [0.2, 0.25) is 0 Å². The van der Waals surface area contributed by atoms with Crippen LogP contribution in [0.4, 0.5) is 0 Å². The largest absolute Gasteiger partial charge is 0.490 e. The molecule has 0 radical (unpaired) electrons. The molecular weight excluding hydrogens is 418 g/mol. The lowest BCUT2D eigenvalue weighted by atomic mass is 10.0. The van der Waals surface area contributed by atoms with E-state index in [0.29, 0.717) is 13.2 Å². The van der Waals surface area contributed by atoms with Crippen molar-refractivity contribution in [2.24, 2.45) is 0 Å². The highest BCUT2D eigenvalue weighted by Gasteiger charge is 2.29. The number of amides is 1. The van der Waals surface area contributed by atoms with Gasteiger partial charge < -0.3 is 18.9 Å². The zero-order valence-corrected chi connectivity index (χ0v) is 19.3. The molecule has 1 aromatic carbocycles. The van der Waals surface area contributed by atoms with E-state index in [1.807, 2.05) is 54.5 Å². The van der Waals surface area contributed by atoms with Crippen molar-refractivity contribution >= 4 is 12.0 Å². The van der Waals surface area contributed by atoms with Gasteiger partial charge in [0.1, 0.15) is 5.76 Å². The number of ether oxygens (including phenoxy) is 2. The molecule has 0 bridgehead atoms. The maximum absolute atomic E-state index is 13.2. The van der Waals surface area contributed by atoms with Gasteiger partial charge in [-0.15, -0.1) is 0 Å². The molecule has 2 aliphatic heterocycles. The van der Waals surface area contributed by atoms with Gasteiger partial charge in [0.15, 0.2) is 17.3 Å². The number of nitrogens with zero attached hydrogens (tertiary/aromatic N) is 3. The lowest BCUT2D eigenvalue weighted by molar-refractivity contribution is -0.126. The molecule has 2 aliphatic rings. The van der Waals surface area contributed by atoms with Gasteiger partial charge in [-0.3, -0.25) is 9.36 Å². The molecule has 0 saturated carbocycles. The third-order valence-electron chi connectivity index (χ3n) is 6.41. The molecule has 172 valence electrons. The molecule has 3 aromatic rings. The monoisotopic (exact) mass is 447 g/mol. The van der Waals surface area contributed by atoms with E-state index in [0.717, 1.165) is 71.4 Å². The minimum atomic E-state index is 0.0201. The predicted molar refractivity (Wildman–Crippen MR) is 125 cm³/mol. The average Bonchev–Trinajstić information content (AvgIpc) is 3.47. The van der Waals surface area contributed by atoms with Gasteiger partial charge in [0, 0.05) is 36.5 Å². The summed E-state index contributed by atoms with van der Waals surface area (Å²) in [5, 5.41) is 4.13. The fourth-order valence-electron chi connectivity index (χ4n) is 4.79. The number of carbonyl (C=O) groups is 1. The van der Waals surface area contributed by atoms with E-state index in [4.69, 9.17) is 14.0 Å². The smallest absolute Gasteiger partial charge is 0.247 e. The van der Waals surface area contributed by atoms with Crippen molar-refractivity contribution in [1.29, 1.82) is 0 Å². The number of benzene rings is 1. The molecule has 4 heterocycles. The van der Waals surface area contributed by atoms with E-state index < -0.39 is 0 Å². The lowest BCUT2D eigenvalue weighted by Gasteiger charge is -2.24. The maximum atomic E-state index is 13.2. The van der Waals surface area contributed by atoms with Crippen LogP contribution in [-0.4, -0.2) is 40.3 Å². The van der Waals surface area contributed by atoms with Gasteiger partial charge in [-0.05, 0) is 69.0 Å². The second-order valence-electron chi connectivity index (χ2n) is 8.74. The lowest BCUT2D eigenvalue weighted by Crippen LogP contribution is -2.28. The fraction of sp³-hybridized carbons (Fsp3) is 0.385. The summed E-state index contributed by atoms with van der Waals surface area (Å²) < 4.78 is 18.9. The second-order valence-corrected chi connectivity index (χ2v) is 8.74. The first-order valence-corrected chi connectivity index (χ1v) is 11.5. The molecule has 1 saturated heterocycles. The van der Waals surface area contributed by atoms with E-state index in [9.17, 15) is 4.79 Å². The van der Waals surface area contributed by atoms with E-state index in [2.05, 4.69) is 17.3 Å². The quantitative estimate of drug-likeness (QED) is 0.531. The average molecular weight is 448 g/mol. The molecule has 7 heteroatoms. The maximum Gasteiger partial charge on any atom is 0.247 e. The third-order valence-corrected chi connectivity index (χ3v) is 6.41. The van der Waals surface area contributed by atoms with Crippen molar-refractivity contribution in [3.8, 4) is 17.3 Å². The van der Waals surface area contributed by atoms with Crippen molar-refractivity contribution < 1.29 is 18.8 Å². The van der Waals surface area contributed by atoms with Crippen LogP contribution in [0, 0.1) is 20.8 Å². The molecule has 1 amide bonds. The van der Waals surface area contributed by atoms with Gasteiger partial charge in [0.25, 0.3) is 0 Å². The molecule has 0 aliphatic carbocycles. The summed E-state index contributed by atoms with van der Waals surface area (Å²) in [5.41, 5.74) is 4.15. The first-order valence-electron chi connectivity index (χ1n) is 11.5. The molecule has 1 atom stereocenters. The van der Waals surface area contributed by atoms with Crippen LogP contribution < -0.4 is 9.47 Å². The number of aryl methyl sites for hydroxylation is 2. The van der Waals surface area contributed by atoms with E-state index in [1.54, 1.807) is 6.08 Å². The van der Waals surface area contributed by atoms with Gasteiger partial charge in [0.2, 0.25) is 5.91 Å². The topological polar surface area (TPSA) is 69.7 Å². The number of carbonyl (C=O) groups excluding carboxylic acids is 1. The molecular formula is C26H29N3O4.